The number of aromatic nitrogens is 6. The molecule has 0 aliphatic rings. The fraction of sp³-hybridized carbons (Fsp3) is 0.100. The van der Waals surface area contributed by atoms with Crippen molar-refractivity contribution in [1.82, 2.24) is 29.9 Å². The van der Waals surface area contributed by atoms with E-state index in [1.54, 1.807) is 0 Å². The first kappa shape index (κ1) is 29.1. The zero-order valence-corrected chi connectivity index (χ0v) is 24.7. The van der Waals surface area contributed by atoms with Crippen LogP contribution in [0.2, 0.25) is 0 Å². The predicted molar refractivity (Wildman–Crippen MR) is 158 cm³/mol. The monoisotopic (exact) mass is 668 g/mol. The third-order valence-corrected chi connectivity index (χ3v) is 7.80. The molecule has 0 unspecified atom stereocenters. The number of benzene rings is 2. The lowest BCUT2D eigenvalue weighted by Crippen LogP contribution is -2.13. The van der Waals surface area contributed by atoms with Crippen LogP contribution in [0.3, 0.4) is 0 Å². The standard InChI is InChI=1S/C20H14Cl6N10S2/c21-19(22,23)13-31-15(27)35-17(33-13)29-9-5-1-3-7-11(9)37-38-12-8-4-2-6-10(12)30-18-34-14(20(24,25)26)32-16(28)36-18/h1-8H,(H3,27,29,31,33,35)(H3,28,30,32,34,36). The number of nitrogens with zero attached hydrogens (tertiary/aromatic N) is 6. The van der Waals surface area contributed by atoms with Gasteiger partial charge in [0.25, 0.3) is 0 Å². The Bertz CT molecular complexity index is 1340. The molecule has 18 heteroatoms. The van der Waals surface area contributed by atoms with Crippen LogP contribution in [0.5, 0.6) is 0 Å². The van der Waals surface area contributed by atoms with Crippen LogP contribution in [0.25, 0.3) is 0 Å². The molecule has 0 aliphatic heterocycles. The number of alkyl halides is 6. The molecule has 0 saturated heterocycles. The molecule has 0 radical (unpaired) electrons. The van der Waals surface area contributed by atoms with E-state index in [0.29, 0.717) is 11.4 Å². The van der Waals surface area contributed by atoms with E-state index in [0.717, 1.165) is 9.79 Å². The van der Waals surface area contributed by atoms with Crippen molar-refractivity contribution in [1.29, 1.82) is 0 Å². The number of nitrogens with two attached hydrogens (primary N) is 2. The van der Waals surface area contributed by atoms with Gasteiger partial charge in [-0.15, -0.1) is 0 Å². The van der Waals surface area contributed by atoms with Gasteiger partial charge in [-0.25, -0.2) is 0 Å². The van der Waals surface area contributed by atoms with Gasteiger partial charge in [0.1, 0.15) is 0 Å². The summed E-state index contributed by atoms with van der Waals surface area (Å²) < 4.78 is -3.73. The van der Waals surface area contributed by atoms with E-state index >= 15 is 0 Å². The second kappa shape index (κ2) is 12.1. The van der Waals surface area contributed by atoms with E-state index in [-0.39, 0.29) is 35.4 Å². The molecule has 0 saturated carbocycles. The van der Waals surface area contributed by atoms with Gasteiger partial charge in [0.05, 0.1) is 11.4 Å². The van der Waals surface area contributed by atoms with Gasteiger partial charge in [0.15, 0.2) is 11.6 Å². The maximum Gasteiger partial charge on any atom is 0.250 e. The Morgan fingerprint density at radius 3 is 1.29 bits per heavy atom. The minimum atomic E-state index is -1.86. The molecule has 10 nitrogen and oxygen atoms in total. The lowest BCUT2D eigenvalue weighted by atomic mass is 10.3. The van der Waals surface area contributed by atoms with Crippen LogP contribution in [0.1, 0.15) is 11.6 Å². The van der Waals surface area contributed by atoms with Crippen LogP contribution in [0.15, 0.2) is 58.3 Å². The summed E-state index contributed by atoms with van der Waals surface area (Å²) in [5.41, 5.74) is 12.9. The smallest absolute Gasteiger partial charge is 0.250 e. The first-order valence-corrected chi connectivity index (χ1v) is 14.5. The number of anilines is 6. The first-order chi connectivity index (χ1) is 17.9. The van der Waals surface area contributed by atoms with Crippen molar-refractivity contribution in [2.75, 3.05) is 22.1 Å². The van der Waals surface area contributed by atoms with Gasteiger partial charge in [-0.1, -0.05) is 115 Å². The Balaban J connectivity index is 1.54. The number of para-hydroxylation sites is 2. The largest absolute Gasteiger partial charge is 0.368 e. The minimum Gasteiger partial charge on any atom is -0.368 e. The maximum atomic E-state index is 5.91. The topological polar surface area (TPSA) is 153 Å². The highest BCUT2D eigenvalue weighted by atomic mass is 35.6. The zero-order valence-electron chi connectivity index (χ0n) is 18.5. The number of halogens is 6. The van der Waals surface area contributed by atoms with Crippen molar-refractivity contribution >= 4 is 126 Å². The molecule has 2 aromatic heterocycles. The van der Waals surface area contributed by atoms with Crippen molar-refractivity contribution < 1.29 is 0 Å². The molecule has 38 heavy (non-hydrogen) atoms. The van der Waals surface area contributed by atoms with Crippen LogP contribution in [-0.2, 0) is 7.59 Å². The van der Waals surface area contributed by atoms with E-state index in [1.165, 1.54) is 21.6 Å². The normalized spacial score (nSPS) is 11.8. The number of hydrogen-bond donors (Lipinski definition) is 4. The zero-order chi connectivity index (χ0) is 27.5. The van der Waals surface area contributed by atoms with Crippen LogP contribution in [0, 0.1) is 0 Å². The fourth-order valence-electron chi connectivity index (χ4n) is 2.77. The average Bonchev–Trinajstić information content (AvgIpc) is 2.82. The van der Waals surface area contributed by atoms with Gasteiger partial charge >= 0.3 is 0 Å². The van der Waals surface area contributed by atoms with Gasteiger partial charge in [-0.2, -0.15) is 29.9 Å². The van der Waals surface area contributed by atoms with Crippen LogP contribution in [0.4, 0.5) is 35.2 Å². The summed E-state index contributed by atoms with van der Waals surface area (Å²) in [6, 6.07) is 15.0. The van der Waals surface area contributed by atoms with Gasteiger partial charge < -0.3 is 22.1 Å². The van der Waals surface area contributed by atoms with E-state index in [4.69, 9.17) is 81.1 Å². The molecule has 2 heterocycles. The first-order valence-electron chi connectivity index (χ1n) is 10.1. The summed E-state index contributed by atoms with van der Waals surface area (Å²) in [4.78, 5) is 25.9. The highest BCUT2D eigenvalue weighted by Crippen LogP contribution is 2.44. The molecule has 0 spiro atoms. The lowest BCUT2D eigenvalue weighted by molar-refractivity contribution is 0.934. The molecule has 0 aliphatic carbocycles. The Labute approximate surface area is 254 Å². The van der Waals surface area contributed by atoms with E-state index < -0.39 is 7.59 Å². The van der Waals surface area contributed by atoms with Gasteiger partial charge in [0.2, 0.25) is 31.4 Å². The maximum absolute atomic E-state index is 5.91. The van der Waals surface area contributed by atoms with Crippen molar-refractivity contribution in [2.24, 2.45) is 0 Å². The Morgan fingerprint density at radius 2 is 0.921 bits per heavy atom. The van der Waals surface area contributed by atoms with E-state index in [2.05, 4.69) is 40.5 Å². The van der Waals surface area contributed by atoms with E-state index in [1.807, 2.05) is 48.5 Å². The molecule has 0 amide bonds. The van der Waals surface area contributed by atoms with Gasteiger partial charge in [-0.05, 0) is 24.3 Å². The Hall–Kier alpha value is -1.90. The average molecular weight is 671 g/mol. The molecule has 6 N–H and O–H groups in total. The SMILES string of the molecule is Nc1nc(Nc2ccccc2SSc2ccccc2Nc2nc(N)nc(C(Cl)(Cl)Cl)n2)nc(C(Cl)(Cl)Cl)n1. The lowest BCUT2D eigenvalue weighted by Gasteiger charge is -2.15. The molecule has 0 atom stereocenters. The third-order valence-electron chi connectivity index (χ3n) is 4.30. The summed E-state index contributed by atoms with van der Waals surface area (Å²) in [7, 11) is 2.92. The van der Waals surface area contributed by atoms with E-state index in [9.17, 15) is 0 Å². The summed E-state index contributed by atoms with van der Waals surface area (Å²) >= 11 is 35.5. The van der Waals surface area contributed by atoms with Gasteiger partial charge in [-0.3, -0.25) is 0 Å². The summed E-state index contributed by atoms with van der Waals surface area (Å²) in [5, 5.41) is 6.19. The Kier molecular flexibility index (Phi) is 9.26. The number of nitrogens with one attached hydrogen (secondary N) is 2. The van der Waals surface area contributed by atoms with Crippen LogP contribution >= 0.6 is 91.2 Å². The van der Waals surface area contributed by atoms with Crippen molar-refractivity contribution in [3.8, 4) is 0 Å². The molecule has 4 rings (SSSR count). The predicted octanol–water partition coefficient (Wildman–Crippen LogP) is 7.16. The Morgan fingerprint density at radius 1 is 0.553 bits per heavy atom. The molecule has 0 fully saturated rings. The van der Waals surface area contributed by atoms with Gasteiger partial charge in [0, 0.05) is 9.79 Å². The van der Waals surface area contributed by atoms with Crippen LogP contribution in [-0.4, -0.2) is 29.9 Å². The number of hydrogen-bond acceptors (Lipinski definition) is 12. The van der Waals surface area contributed by atoms with Crippen molar-refractivity contribution in [3.63, 3.8) is 0 Å². The highest BCUT2D eigenvalue weighted by molar-refractivity contribution is 8.76. The summed E-state index contributed by atoms with van der Waals surface area (Å²) in [5.74, 6) is -0.157. The molecular formula is C20H14Cl6N10S2. The number of rotatable bonds is 7. The molecule has 2 aromatic carbocycles. The summed E-state index contributed by atoms with van der Waals surface area (Å²) in [6.45, 7) is 0. The second-order valence-electron chi connectivity index (χ2n) is 7.09. The van der Waals surface area contributed by atoms with Crippen molar-refractivity contribution in [2.45, 2.75) is 17.4 Å². The number of nitrogen functional groups attached to an aromatic ring is 2. The van der Waals surface area contributed by atoms with Crippen LogP contribution < -0.4 is 22.1 Å². The molecule has 0 bridgehead atoms. The van der Waals surface area contributed by atoms with Crippen molar-refractivity contribution in [3.05, 3.63) is 60.2 Å². The molecular weight excluding hydrogens is 657 g/mol. The quantitative estimate of drug-likeness (QED) is 0.116. The summed E-state index contributed by atoms with van der Waals surface area (Å²) in [6.07, 6.45) is 0. The fourth-order valence-corrected chi connectivity index (χ4v) is 5.55. The minimum absolute atomic E-state index is 0.0970. The molecule has 4 aromatic rings. The molecule has 198 valence electrons. The third kappa shape index (κ3) is 7.82. The second-order valence-corrected chi connectivity index (χ2v) is 13.9. The highest BCUT2D eigenvalue weighted by Gasteiger charge is 2.29.